The van der Waals surface area contributed by atoms with Gasteiger partial charge in [-0.05, 0) is 26.2 Å². The van der Waals surface area contributed by atoms with Crippen LogP contribution in [0.2, 0.25) is 0 Å². The van der Waals surface area contributed by atoms with Crippen LogP contribution < -0.4 is 5.32 Å². The zero-order valence-electron chi connectivity index (χ0n) is 12.3. The van der Waals surface area contributed by atoms with Crippen molar-refractivity contribution in [2.24, 2.45) is 5.92 Å². The van der Waals surface area contributed by atoms with Crippen LogP contribution in [0.4, 0.5) is 4.79 Å². The van der Waals surface area contributed by atoms with Gasteiger partial charge in [-0.3, -0.25) is 4.79 Å². The van der Waals surface area contributed by atoms with Gasteiger partial charge in [0.25, 0.3) is 0 Å². The fourth-order valence-electron chi connectivity index (χ4n) is 2.54. The summed E-state index contributed by atoms with van der Waals surface area (Å²) >= 11 is 1.60. The van der Waals surface area contributed by atoms with E-state index in [9.17, 15) is 9.59 Å². The average Bonchev–Trinajstić information content (AvgIpc) is 2.92. The van der Waals surface area contributed by atoms with Gasteiger partial charge in [0.15, 0.2) is 0 Å². The van der Waals surface area contributed by atoms with Gasteiger partial charge in [-0.2, -0.15) is 0 Å². The molecule has 2 N–H and O–H groups in total. The Balaban J connectivity index is 1.84. The summed E-state index contributed by atoms with van der Waals surface area (Å²) in [5.74, 6) is -1.10. The van der Waals surface area contributed by atoms with Crippen molar-refractivity contribution >= 4 is 23.3 Å². The van der Waals surface area contributed by atoms with Crippen LogP contribution in [-0.4, -0.2) is 39.6 Å². The van der Waals surface area contributed by atoms with E-state index in [0.717, 1.165) is 11.4 Å². The maximum atomic E-state index is 12.2. The first-order valence-corrected chi connectivity index (χ1v) is 8.03. The highest BCUT2D eigenvalue weighted by molar-refractivity contribution is 7.11. The van der Waals surface area contributed by atoms with Crippen molar-refractivity contribution in [3.8, 4) is 0 Å². The molecule has 7 heteroatoms. The quantitative estimate of drug-likeness (QED) is 0.892. The van der Waals surface area contributed by atoms with E-state index in [1.807, 2.05) is 13.1 Å². The predicted molar refractivity (Wildman–Crippen MR) is 80.3 cm³/mol. The van der Waals surface area contributed by atoms with Crippen molar-refractivity contribution in [3.63, 3.8) is 0 Å². The number of amides is 2. The number of likely N-dealkylation sites (tertiary alicyclic amines) is 1. The van der Waals surface area contributed by atoms with Crippen LogP contribution >= 0.6 is 11.3 Å². The van der Waals surface area contributed by atoms with Crippen molar-refractivity contribution in [2.75, 3.05) is 6.54 Å². The third-order valence-electron chi connectivity index (χ3n) is 3.83. The van der Waals surface area contributed by atoms with Crippen molar-refractivity contribution < 1.29 is 14.7 Å². The molecule has 0 aliphatic carbocycles. The smallest absolute Gasteiger partial charge is 0.317 e. The summed E-state index contributed by atoms with van der Waals surface area (Å²) in [7, 11) is 0. The lowest BCUT2D eigenvalue weighted by Gasteiger charge is -2.36. The largest absolute Gasteiger partial charge is 0.481 e. The highest BCUT2D eigenvalue weighted by Gasteiger charge is 2.32. The number of rotatable bonds is 4. The Kier molecular flexibility index (Phi) is 5.17. The van der Waals surface area contributed by atoms with Crippen molar-refractivity contribution in [1.82, 2.24) is 15.2 Å². The van der Waals surface area contributed by atoms with Crippen LogP contribution in [0.25, 0.3) is 0 Å². The van der Waals surface area contributed by atoms with Gasteiger partial charge in [0.05, 0.1) is 12.5 Å². The fraction of sp³-hybridized carbons (Fsp3) is 0.643. The Morgan fingerprint density at radius 2 is 2.33 bits per heavy atom. The molecule has 6 nitrogen and oxygen atoms in total. The van der Waals surface area contributed by atoms with E-state index in [2.05, 4.69) is 17.2 Å². The lowest BCUT2D eigenvalue weighted by molar-refractivity contribution is -0.143. The molecule has 2 heterocycles. The van der Waals surface area contributed by atoms with E-state index in [1.165, 1.54) is 4.88 Å². The summed E-state index contributed by atoms with van der Waals surface area (Å²) in [6.07, 6.45) is 3.82. The summed E-state index contributed by atoms with van der Waals surface area (Å²) in [6.45, 7) is 4.88. The number of carbonyl (C=O) groups is 2. The number of thiazole rings is 1. The van der Waals surface area contributed by atoms with Gasteiger partial charge >= 0.3 is 12.0 Å². The topological polar surface area (TPSA) is 82.5 Å². The second-order valence-corrected chi connectivity index (χ2v) is 6.53. The lowest BCUT2D eigenvalue weighted by atomic mass is 9.92. The first-order valence-electron chi connectivity index (χ1n) is 7.22. The van der Waals surface area contributed by atoms with Gasteiger partial charge in [-0.15, -0.1) is 11.3 Å². The number of hydrogen-bond donors (Lipinski definition) is 2. The molecule has 2 unspecified atom stereocenters. The van der Waals surface area contributed by atoms with Gasteiger partial charge in [0.1, 0.15) is 5.01 Å². The zero-order chi connectivity index (χ0) is 15.4. The van der Waals surface area contributed by atoms with E-state index in [1.54, 1.807) is 16.2 Å². The second kappa shape index (κ2) is 6.89. The van der Waals surface area contributed by atoms with E-state index in [4.69, 9.17) is 5.11 Å². The molecule has 0 saturated carbocycles. The third-order valence-corrected chi connectivity index (χ3v) is 4.97. The normalized spacial score (nSPS) is 22.1. The molecule has 1 aliphatic heterocycles. The molecule has 0 aromatic carbocycles. The molecule has 1 aromatic rings. The molecule has 0 spiro atoms. The van der Waals surface area contributed by atoms with Crippen LogP contribution in [0.3, 0.4) is 0 Å². The molecular formula is C14H21N3O3S. The molecule has 2 atom stereocenters. The molecule has 0 radical (unpaired) electrons. The Morgan fingerprint density at radius 1 is 1.57 bits per heavy atom. The number of urea groups is 1. The summed E-state index contributed by atoms with van der Waals surface area (Å²) < 4.78 is 0. The van der Waals surface area contributed by atoms with Crippen LogP contribution in [0.5, 0.6) is 0 Å². The first kappa shape index (κ1) is 15.8. The van der Waals surface area contributed by atoms with E-state index < -0.39 is 5.97 Å². The Bertz CT molecular complexity index is 517. The van der Waals surface area contributed by atoms with Crippen LogP contribution in [-0.2, 0) is 17.8 Å². The third kappa shape index (κ3) is 3.93. The van der Waals surface area contributed by atoms with Gasteiger partial charge in [-0.25, -0.2) is 9.78 Å². The minimum atomic E-state index is -0.767. The minimum absolute atomic E-state index is 0.0534. The number of carboxylic acid groups (broad SMARTS) is 1. The fourth-order valence-corrected chi connectivity index (χ4v) is 3.35. The standard InChI is InChI=1S/C14H21N3O3S/c1-3-11-7-15-12(21-11)8-16-14(20)17-5-4-10(13(18)19)6-9(17)2/h7,9-10H,3-6,8H2,1-2H3,(H,16,20)(H,18,19). The zero-order valence-corrected chi connectivity index (χ0v) is 13.2. The number of carboxylic acids is 1. The Labute approximate surface area is 128 Å². The maximum Gasteiger partial charge on any atom is 0.317 e. The average molecular weight is 311 g/mol. The number of aromatic nitrogens is 1. The molecule has 1 saturated heterocycles. The highest BCUT2D eigenvalue weighted by atomic mass is 32.1. The summed E-state index contributed by atoms with van der Waals surface area (Å²) in [5, 5.41) is 12.8. The van der Waals surface area contributed by atoms with E-state index in [-0.39, 0.29) is 18.0 Å². The molecule has 1 aromatic heterocycles. The first-order chi connectivity index (χ1) is 10.0. The maximum absolute atomic E-state index is 12.2. The van der Waals surface area contributed by atoms with Crippen LogP contribution in [0, 0.1) is 5.92 Å². The van der Waals surface area contributed by atoms with E-state index in [0.29, 0.717) is 25.9 Å². The molecule has 2 amide bonds. The monoisotopic (exact) mass is 311 g/mol. The molecule has 1 fully saturated rings. The molecular weight excluding hydrogens is 290 g/mol. The van der Waals surface area contributed by atoms with Crippen LogP contribution in [0.1, 0.15) is 36.6 Å². The van der Waals surface area contributed by atoms with Gasteiger partial charge < -0.3 is 15.3 Å². The van der Waals surface area contributed by atoms with Gasteiger partial charge in [0.2, 0.25) is 0 Å². The lowest BCUT2D eigenvalue weighted by Crippen LogP contribution is -2.49. The molecule has 116 valence electrons. The Hall–Kier alpha value is -1.63. The van der Waals surface area contributed by atoms with E-state index >= 15 is 0 Å². The SMILES string of the molecule is CCc1cnc(CNC(=O)N2CCC(C(=O)O)CC2C)s1. The molecule has 1 aliphatic rings. The number of carbonyl (C=O) groups excluding carboxylic acids is 1. The highest BCUT2D eigenvalue weighted by Crippen LogP contribution is 2.23. The van der Waals surface area contributed by atoms with Gasteiger partial charge in [-0.1, -0.05) is 6.92 Å². The minimum Gasteiger partial charge on any atom is -0.481 e. The number of nitrogens with zero attached hydrogens (tertiary/aromatic N) is 2. The molecule has 21 heavy (non-hydrogen) atoms. The number of nitrogens with one attached hydrogen (secondary N) is 1. The number of piperidine rings is 1. The molecule has 2 rings (SSSR count). The number of aryl methyl sites for hydroxylation is 1. The Morgan fingerprint density at radius 3 is 2.90 bits per heavy atom. The number of aliphatic carboxylic acids is 1. The van der Waals surface area contributed by atoms with Gasteiger partial charge in [0, 0.05) is 23.7 Å². The molecule has 0 bridgehead atoms. The van der Waals surface area contributed by atoms with Crippen LogP contribution in [0.15, 0.2) is 6.20 Å². The second-order valence-electron chi connectivity index (χ2n) is 5.33. The van der Waals surface area contributed by atoms with Crippen molar-refractivity contribution in [2.45, 2.75) is 45.7 Å². The predicted octanol–water partition coefficient (Wildman–Crippen LogP) is 2.10. The van der Waals surface area contributed by atoms with Crippen molar-refractivity contribution in [1.29, 1.82) is 0 Å². The number of hydrogen-bond acceptors (Lipinski definition) is 4. The summed E-state index contributed by atoms with van der Waals surface area (Å²) in [5.41, 5.74) is 0. The summed E-state index contributed by atoms with van der Waals surface area (Å²) in [6, 6.07) is -0.193. The van der Waals surface area contributed by atoms with Crippen molar-refractivity contribution in [3.05, 3.63) is 16.1 Å². The summed E-state index contributed by atoms with van der Waals surface area (Å²) in [4.78, 5) is 30.4.